The molecule has 0 aliphatic rings. The molecule has 8 heteroatoms. The monoisotopic (exact) mass is 413 g/mol. The molecule has 0 aliphatic carbocycles. The number of amides is 1. The van der Waals surface area contributed by atoms with Crippen LogP contribution >= 0.6 is 0 Å². The summed E-state index contributed by atoms with van der Waals surface area (Å²) in [7, 11) is 1.54. The third kappa shape index (κ3) is 5.44. The van der Waals surface area contributed by atoms with Gasteiger partial charge in [-0.15, -0.1) is 0 Å². The Balaban J connectivity index is 1.52. The minimum Gasteiger partial charge on any atom is -0.482 e. The summed E-state index contributed by atoms with van der Waals surface area (Å²) in [5.74, 6) is -1.24. The summed E-state index contributed by atoms with van der Waals surface area (Å²) in [5.41, 5.74) is 0.459. The van der Waals surface area contributed by atoms with Crippen LogP contribution < -0.4 is 10.4 Å². The standard InChI is InChI=1S/C22H20FNO6/c1-14(22(27)24(2)12-15-4-3-5-17(23)10-15)29-21(26)13-28-18-8-6-16-7-9-20(25)30-19(16)11-18/h3-11,14H,12-13H2,1-2H3. The van der Waals surface area contributed by atoms with Gasteiger partial charge in [0.15, 0.2) is 12.7 Å². The van der Waals surface area contributed by atoms with Gasteiger partial charge in [0.05, 0.1) is 0 Å². The first-order chi connectivity index (χ1) is 14.3. The molecular formula is C22H20FNO6. The van der Waals surface area contributed by atoms with E-state index in [0.29, 0.717) is 22.3 Å². The van der Waals surface area contributed by atoms with E-state index in [9.17, 15) is 18.8 Å². The second kappa shape index (κ2) is 9.21. The zero-order chi connectivity index (χ0) is 21.7. The summed E-state index contributed by atoms with van der Waals surface area (Å²) < 4.78 is 28.8. The number of nitrogens with zero attached hydrogens (tertiary/aromatic N) is 1. The number of ether oxygens (including phenoxy) is 2. The molecule has 1 aromatic heterocycles. The Morgan fingerprint density at radius 1 is 1.13 bits per heavy atom. The summed E-state index contributed by atoms with van der Waals surface area (Å²) in [4.78, 5) is 37.1. The third-order valence-corrected chi connectivity index (χ3v) is 4.29. The van der Waals surface area contributed by atoms with Gasteiger partial charge in [0.1, 0.15) is 17.1 Å². The van der Waals surface area contributed by atoms with Crippen molar-refractivity contribution in [3.05, 3.63) is 76.4 Å². The van der Waals surface area contributed by atoms with Crippen molar-refractivity contribution in [2.45, 2.75) is 19.6 Å². The molecule has 1 amide bonds. The van der Waals surface area contributed by atoms with Crippen molar-refractivity contribution in [1.82, 2.24) is 4.90 Å². The van der Waals surface area contributed by atoms with E-state index in [2.05, 4.69) is 0 Å². The number of likely N-dealkylation sites (N-methyl/N-ethyl adjacent to an activating group) is 1. The topological polar surface area (TPSA) is 86.0 Å². The maximum Gasteiger partial charge on any atom is 0.344 e. The van der Waals surface area contributed by atoms with E-state index in [0.717, 1.165) is 0 Å². The predicted octanol–water partition coefficient (Wildman–Crippen LogP) is 2.90. The first kappa shape index (κ1) is 21.0. The van der Waals surface area contributed by atoms with Gasteiger partial charge in [-0.2, -0.15) is 0 Å². The van der Waals surface area contributed by atoms with E-state index >= 15 is 0 Å². The number of halogens is 1. The van der Waals surface area contributed by atoms with Crippen LogP contribution in [0.5, 0.6) is 5.75 Å². The lowest BCUT2D eigenvalue weighted by Crippen LogP contribution is -2.37. The minimum atomic E-state index is -1.03. The van der Waals surface area contributed by atoms with Crippen LogP contribution in [0.4, 0.5) is 4.39 Å². The molecule has 0 fully saturated rings. The van der Waals surface area contributed by atoms with Crippen LogP contribution in [0.25, 0.3) is 11.0 Å². The molecule has 30 heavy (non-hydrogen) atoms. The Hall–Kier alpha value is -3.68. The minimum absolute atomic E-state index is 0.178. The number of esters is 1. The first-order valence-electron chi connectivity index (χ1n) is 9.17. The Labute approximate surface area is 171 Å². The Bertz CT molecular complexity index is 1130. The van der Waals surface area contributed by atoms with Crippen molar-refractivity contribution in [1.29, 1.82) is 0 Å². The second-order valence-corrected chi connectivity index (χ2v) is 6.70. The molecule has 1 heterocycles. The normalized spacial score (nSPS) is 11.7. The molecule has 1 atom stereocenters. The van der Waals surface area contributed by atoms with E-state index in [1.807, 2.05) is 0 Å². The van der Waals surface area contributed by atoms with Crippen molar-refractivity contribution in [2.75, 3.05) is 13.7 Å². The number of rotatable bonds is 7. The first-order valence-corrected chi connectivity index (χ1v) is 9.17. The Kier molecular flexibility index (Phi) is 6.46. The highest BCUT2D eigenvalue weighted by atomic mass is 19.1. The largest absolute Gasteiger partial charge is 0.482 e. The van der Waals surface area contributed by atoms with Gasteiger partial charge >= 0.3 is 11.6 Å². The van der Waals surface area contributed by atoms with Crippen molar-refractivity contribution in [3.8, 4) is 5.75 Å². The summed E-state index contributed by atoms with van der Waals surface area (Å²) in [6, 6.07) is 13.6. The number of fused-ring (bicyclic) bond motifs is 1. The zero-order valence-electron chi connectivity index (χ0n) is 16.5. The number of hydrogen-bond donors (Lipinski definition) is 0. The third-order valence-electron chi connectivity index (χ3n) is 4.29. The van der Waals surface area contributed by atoms with Crippen molar-refractivity contribution in [2.24, 2.45) is 0 Å². The van der Waals surface area contributed by atoms with Gasteiger partial charge < -0.3 is 18.8 Å². The molecular weight excluding hydrogens is 393 g/mol. The quantitative estimate of drug-likeness (QED) is 0.437. The molecule has 0 radical (unpaired) electrons. The maximum atomic E-state index is 13.3. The highest BCUT2D eigenvalue weighted by Crippen LogP contribution is 2.19. The molecule has 0 aliphatic heterocycles. The number of hydrogen-bond acceptors (Lipinski definition) is 6. The summed E-state index contributed by atoms with van der Waals surface area (Å²) in [6.45, 7) is 1.21. The van der Waals surface area contributed by atoms with Crippen molar-refractivity contribution in [3.63, 3.8) is 0 Å². The fraction of sp³-hybridized carbons (Fsp3) is 0.227. The molecule has 7 nitrogen and oxygen atoms in total. The molecule has 0 bridgehead atoms. The van der Waals surface area contributed by atoms with Crippen LogP contribution in [-0.2, 0) is 20.9 Å². The summed E-state index contributed by atoms with van der Waals surface area (Å²) in [5, 5.41) is 0.713. The van der Waals surface area contributed by atoms with Crippen LogP contribution in [0.1, 0.15) is 12.5 Å². The second-order valence-electron chi connectivity index (χ2n) is 6.70. The zero-order valence-corrected chi connectivity index (χ0v) is 16.5. The molecule has 0 spiro atoms. The van der Waals surface area contributed by atoms with Gasteiger partial charge in [-0.05, 0) is 42.8 Å². The van der Waals surface area contributed by atoms with Gasteiger partial charge in [0.25, 0.3) is 5.91 Å². The summed E-state index contributed by atoms with van der Waals surface area (Å²) >= 11 is 0. The molecule has 3 rings (SSSR count). The van der Waals surface area contributed by atoms with E-state index < -0.39 is 36.0 Å². The fourth-order valence-corrected chi connectivity index (χ4v) is 2.85. The van der Waals surface area contributed by atoms with E-state index in [1.54, 1.807) is 30.3 Å². The van der Waals surface area contributed by atoms with E-state index in [1.165, 1.54) is 43.1 Å². The lowest BCUT2D eigenvalue weighted by molar-refractivity contribution is -0.160. The Morgan fingerprint density at radius 3 is 2.67 bits per heavy atom. The van der Waals surface area contributed by atoms with Crippen molar-refractivity contribution >= 4 is 22.8 Å². The predicted molar refractivity (Wildman–Crippen MR) is 106 cm³/mol. The van der Waals surface area contributed by atoms with Crippen LogP contribution in [0.3, 0.4) is 0 Å². The molecule has 0 saturated carbocycles. The van der Waals surface area contributed by atoms with Crippen LogP contribution in [0.2, 0.25) is 0 Å². The molecule has 2 aromatic carbocycles. The SMILES string of the molecule is CC(OC(=O)COc1ccc2ccc(=O)oc2c1)C(=O)N(C)Cc1cccc(F)c1. The van der Waals surface area contributed by atoms with Crippen LogP contribution in [0, 0.1) is 5.82 Å². The van der Waals surface area contributed by atoms with Crippen LogP contribution in [0.15, 0.2) is 63.8 Å². The lowest BCUT2D eigenvalue weighted by atomic mass is 10.2. The molecule has 3 aromatic rings. The smallest absolute Gasteiger partial charge is 0.344 e. The molecule has 0 saturated heterocycles. The Morgan fingerprint density at radius 2 is 1.90 bits per heavy atom. The lowest BCUT2D eigenvalue weighted by Gasteiger charge is -2.21. The number of carbonyl (C=O) groups is 2. The number of benzene rings is 2. The molecule has 156 valence electrons. The summed E-state index contributed by atoms with van der Waals surface area (Å²) in [6.07, 6.45) is -1.03. The van der Waals surface area contributed by atoms with Gasteiger partial charge in [0.2, 0.25) is 0 Å². The van der Waals surface area contributed by atoms with Crippen molar-refractivity contribution < 1.29 is 27.9 Å². The maximum absolute atomic E-state index is 13.3. The molecule has 1 unspecified atom stereocenters. The highest BCUT2D eigenvalue weighted by Gasteiger charge is 2.22. The van der Waals surface area contributed by atoms with Crippen LogP contribution in [-0.4, -0.2) is 36.5 Å². The van der Waals surface area contributed by atoms with Gasteiger partial charge in [-0.1, -0.05) is 12.1 Å². The molecule has 0 N–H and O–H groups in total. The van der Waals surface area contributed by atoms with Gasteiger partial charge in [0, 0.05) is 31.1 Å². The van der Waals surface area contributed by atoms with E-state index in [-0.39, 0.29) is 6.54 Å². The van der Waals surface area contributed by atoms with Gasteiger partial charge in [-0.25, -0.2) is 14.0 Å². The number of carbonyl (C=O) groups excluding carboxylic acids is 2. The highest BCUT2D eigenvalue weighted by molar-refractivity contribution is 5.83. The average molecular weight is 413 g/mol. The van der Waals surface area contributed by atoms with Gasteiger partial charge in [-0.3, -0.25) is 4.79 Å². The van der Waals surface area contributed by atoms with E-state index in [4.69, 9.17) is 13.9 Å². The average Bonchev–Trinajstić information content (AvgIpc) is 2.71. The fourth-order valence-electron chi connectivity index (χ4n) is 2.85.